The van der Waals surface area contributed by atoms with Crippen LogP contribution in [0.15, 0.2) is 21.6 Å². The molecule has 2 rings (SSSR count). The second-order valence-corrected chi connectivity index (χ2v) is 4.95. The topological polar surface area (TPSA) is 51.6 Å². The average Bonchev–Trinajstić information content (AvgIpc) is 2.65. The monoisotopic (exact) mass is 258 g/mol. The van der Waals surface area contributed by atoms with Crippen molar-refractivity contribution in [2.24, 2.45) is 0 Å². The molecule has 0 spiro atoms. The first-order chi connectivity index (χ1) is 7.28. The van der Waals surface area contributed by atoms with Crippen molar-refractivity contribution in [2.45, 2.75) is 22.7 Å². The van der Waals surface area contributed by atoms with Crippen molar-refractivity contribution in [3.05, 3.63) is 23.4 Å². The number of halogens is 1. The van der Waals surface area contributed by atoms with Gasteiger partial charge in [0.25, 0.3) is 0 Å². The van der Waals surface area contributed by atoms with Crippen molar-refractivity contribution >= 4 is 34.9 Å². The van der Waals surface area contributed by atoms with E-state index in [1.165, 1.54) is 23.3 Å². The predicted octanol–water partition coefficient (Wildman–Crippen LogP) is 2.70. The van der Waals surface area contributed by atoms with E-state index < -0.39 is 0 Å². The quantitative estimate of drug-likeness (QED) is 0.626. The Morgan fingerprint density at radius 3 is 3.00 bits per heavy atom. The average molecular weight is 259 g/mol. The summed E-state index contributed by atoms with van der Waals surface area (Å²) in [5.41, 5.74) is 0. The molecule has 0 saturated heterocycles. The van der Waals surface area contributed by atoms with Crippen molar-refractivity contribution in [2.75, 3.05) is 0 Å². The maximum Gasteiger partial charge on any atom is 0.223 e. The Bertz CT molecular complexity index is 459. The maximum atomic E-state index is 5.68. The van der Waals surface area contributed by atoms with Gasteiger partial charge in [-0.15, -0.1) is 0 Å². The molecule has 78 valence electrons. The molecule has 2 aromatic heterocycles. The minimum Gasteiger partial charge on any atom is -0.226 e. The van der Waals surface area contributed by atoms with Gasteiger partial charge in [-0.2, -0.15) is 4.37 Å². The summed E-state index contributed by atoms with van der Waals surface area (Å²) < 4.78 is 5.06. The standard InChI is InChI=1S/C8H7ClN4S2/c1-2-5-11-8(15-13-5)14-6-3-4-10-7(9)12-6/h3-4H,2H2,1H3. The summed E-state index contributed by atoms with van der Waals surface area (Å²) in [6.45, 7) is 2.03. The number of hydrogen-bond acceptors (Lipinski definition) is 6. The molecule has 0 fully saturated rings. The Kier molecular flexibility index (Phi) is 3.50. The van der Waals surface area contributed by atoms with E-state index in [0.29, 0.717) is 0 Å². The second kappa shape index (κ2) is 4.87. The Morgan fingerprint density at radius 2 is 2.33 bits per heavy atom. The predicted molar refractivity (Wildman–Crippen MR) is 60.5 cm³/mol. The van der Waals surface area contributed by atoms with E-state index in [0.717, 1.165) is 21.6 Å². The minimum absolute atomic E-state index is 0.250. The summed E-state index contributed by atoms with van der Waals surface area (Å²) in [7, 11) is 0. The lowest BCUT2D eigenvalue weighted by Gasteiger charge is -1.94. The fourth-order valence-electron chi connectivity index (χ4n) is 0.889. The van der Waals surface area contributed by atoms with Gasteiger partial charge in [0.15, 0.2) is 4.34 Å². The lowest BCUT2D eigenvalue weighted by molar-refractivity contribution is 0.969. The number of aromatic nitrogens is 4. The summed E-state index contributed by atoms with van der Waals surface area (Å²) in [5.74, 6) is 0.864. The molecule has 0 saturated carbocycles. The summed E-state index contributed by atoms with van der Waals surface area (Å²) in [4.78, 5) is 12.2. The van der Waals surface area contributed by atoms with Gasteiger partial charge in [-0.3, -0.25) is 0 Å². The zero-order valence-corrected chi connectivity index (χ0v) is 10.2. The van der Waals surface area contributed by atoms with Crippen LogP contribution in [0.4, 0.5) is 0 Å². The van der Waals surface area contributed by atoms with Crippen LogP contribution in [-0.4, -0.2) is 19.3 Å². The largest absolute Gasteiger partial charge is 0.226 e. The smallest absolute Gasteiger partial charge is 0.223 e. The molecule has 7 heteroatoms. The van der Waals surface area contributed by atoms with E-state index in [9.17, 15) is 0 Å². The summed E-state index contributed by atoms with van der Waals surface area (Å²) in [6.07, 6.45) is 2.47. The lowest BCUT2D eigenvalue weighted by atomic mass is 10.5. The van der Waals surface area contributed by atoms with Gasteiger partial charge < -0.3 is 0 Å². The van der Waals surface area contributed by atoms with Crippen molar-refractivity contribution in [1.29, 1.82) is 0 Å². The SMILES string of the molecule is CCc1nsc(Sc2ccnc(Cl)n2)n1. The van der Waals surface area contributed by atoms with Gasteiger partial charge in [0.1, 0.15) is 10.9 Å². The Hall–Kier alpha value is -0.720. The number of hydrogen-bond donors (Lipinski definition) is 0. The normalized spacial score (nSPS) is 10.5. The highest BCUT2D eigenvalue weighted by Gasteiger charge is 2.05. The molecule has 0 atom stereocenters. The molecule has 0 aromatic carbocycles. The lowest BCUT2D eigenvalue weighted by Crippen LogP contribution is -1.84. The fourth-order valence-corrected chi connectivity index (χ4v) is 2.69. The number of aryl methyl sites for hydroxylation is 1. The molecule has 0 bridgehead atoms. The maximum absolute atomic E-state index is 5.68. The highest BCUT2D eigenvalue weighted by atomic mass is 35.5. The molecule has 0 amide bonds. The number of rotatable bonds is 3. The zero-order valence-electron chi connectivity index (χ0n) is 7.85. The molecule has 2 heterocycles. The molecule has 0 unspecified atom stereocenters. The molecule has 0 aliphatic heterocycles. The van der Waals surface area contributed by atoms with E-state index in [1.807, 2.05) is 6.92 Å². The summed E-state index contributed by atoms with van der Waals surface area (Å²) in [5, 5.41) is 1.04. The third-order valence-corrected chi connectivity index (χ3v) is 3.47. The first-order valence-corrected chi connectivity index (χ1v) is 6.23. The molecular formula is C8H7ClN4S2. The van der Waals surface area contributed by atoms with Crippen LogP contribution in [0.3, 0.4) is 0 Å². The van der Waals surface area contributed by atoms with Gasteiger partial charge in [-0.25, -0.2) is 15.0 Å². The molecule has 0 N–H and O–H groups in total. The van der Waals surface area contributed by atoms with E-state index in [2.05, 4.69) is 19.3 Å². The van der Waals surface area contributed by atoms with Crippen LogP contribution >= 0.6 is 34.9 Å². The highest BCUT2D eigenvalue weighted by Crippen LogP contribution is 2.27. The van der Waals surface area contributed by atoms with Crippen LogP contribution in [0, 0.1) is 0 Å². The van der Waals surface area contributed by atoms with Crippen molar-refractivity contribution < 1.29 is 0 Å². The van der Waals surface area contributed by atoms with Crippen LogP contribution in [-0.2, 0) is 6.42 Å². The Labute approximate surface area is 100 Å². The van der Waals surface area contributed by atoms with Crippen molar-refractivity contribution in [3.8, 4) is 0 Å². The Morgan fingerprint density at radius 1 is 1.47 bits per heavy atom. The molecular weight excluding hydrogens is 252 g/mol. The Balaban J connectivity index is 2.14. The van der Waals surface area contributed by atoms with Gasteiger partial charge in [0, 0.05) is 12.6 Å². The molecule has 4 nitrogen and oxygen atoms in total. The first-order valence-electron chi connectivity index (χ1n) is 4.27. The first kappa shape index (κ1) is 10.8. The van der Waals surface area contributed by atoms with Crippen LogP contribution in [0.2, 0.25) is 5.28 Å². The number of nitrogens with zero attached hydrogens (tertiary/aromatic N) is 4. The molecule has 15 heavy (non-hydrogen) atoms. The van der Waals surface area contributed by atoms with Crippen LogP contribution in [0.5, 0.6) is 0 Å². The van der Waals surface area contributed by atoms with Crippen LogP contribution in [0.25, 0.3) is 0 Å². The molecule has 0 radical (unpaired) electrons. The van der Waals surface area contributed by atoms with Gasteiger partial charge in [-0.05, 0) is 41.0 Å². The second-order valence-electron chi connectivity index (χ2n) is 2.60. The van der Waals surface area contributed by atoms with Gasteiger partial charge in [0.05, 0.1) is 0 Å². The fraction of sp³-hybridized carbons (Fsp3) is 0.250. The summed E-state index contributed by atoms with van der Waals surface area (Å²) in [6, 6.07) is 1.80. The third-order valence-electron chi connectivity index (χ3n) is 1.56. The van der Waals surface area contributed by atoms with Crippen LogP contribution < -0.4 is 0 Å². The summed E-state index contributed by atoms with van der Waals surface area (Å²) >= 11 is 8.50. The molecule has 0 aliphatic rings. The van der Waals surface area contributed by atoms with Gasteiger partial charge >= 0.3 is 0 Å². The molecule has 0 aliphatic carbocycles. The molecule has 2 aromatic rings. The van der Waals surface area contributed by atoms with Crippen LogP contribution in [0.1, 0.15) is 12.7 Å². The van der Waals surface area contributed by atoms with E-state index in [1.54, 1.807) is 12.3 Å². The van der Waals surface area contributed by atoms with E-state index in [-0.39, 0.29) is 5.28 Å². The third kappa shape index (κ3) is 2.87. The van der Waals surface area contributed by atoms with Crippen molar-refractivity contribution in [3.63, 3.8) is 0 Å². The van der Waals surface area contributed by atoms with Gasteiger partial charge in [0.2, 0.25) is 5.28 Å². The van der Waals surface area contributed by atoms with Crippen molar-refractivity contribution in [1.82, 2.24) is 19.3 Å². The zero-order chi connectivity index (χ0) is 10.7. The van der Waals surface area contributed by atoms with E-state index >= 15 is 0 Å². The minimum atomic E-state index is 0.250. The van der Waals surface area contributed by atoms with E-state index in [4.69, 9.17) is 11.6 Å². The van der Waals surface area contributed by atoms with Gasteiger partial charge in [-0.1, -0.05) is 6.92 Å². The highest BCUT2D eigenvalue weighted by molar-refractivity contribution is 8.00.